The van der Waals surface area contributed by atoms with Gasteiger partial charge in [-0.1, -0.05) is 47.7 Å². The van der Waals surface area contributed by atoms with Crippen LogP contribution in [0.4, 0.5) is 0 Å². The van der Waals surface area contributed by atoms with E-state index in [0.29, 0.717) is 17.2 Å². The first kappa shape index (κ1) is 21.8. The van der Waals surface area contributed by atoms with Crippen LogP contribution in [0, 0.1) is 27.7 Å². The number of hydrogen-bond acceptors (Lipinski definition) is 5. The summed E-state index contributed by atoms with van der Waals surface area (Å²) in [6.07, 6.45) is 3.15. The second-order valence-electron chi connectivity index (χ2n) is 7.93. The van der Waals surface area contributed by atoms with Crippen molar-refractivity contribution in [3.8, 4) is 0 Å². The Morgan fingerprint density at radius 3 is 2.59 bits per heavy atom. The molecule has 2 heterocycles. The molecule has 164 valence electrons. The highest BCUT2D eigenvalue weighted by Gasteiger charge is 2.15. The van der Waals surface area contributed by atoms with Gasteiger partial charge in [-0.25, -0.2) is 18.9 Å². The van der Waals surface area contributed by atoms with E-state index < -0.39 is 0 Å². The van der Waals surface area contributed by atoms with Crippen molar-refractivity contribution in [2.24, 2.45) is 0 Å². The molecule has 0 bridgehead atoms. The molecule has 0 aliphatic rings. The van der Waals surface area contributed by atoms with Crippen LogP contribution >= 0.6 is 11.8 Å². The van der Waals surface area contributed by atoms with E-state index >= 15 is 0 Å². The number of fused-ring (bicyclic) bond motifs is 1. The third-order valence-electron chi connectivity index (χ3n) is 5.36. The molecule has 0 saturated carbocycles. The fourth-order valence-corrected chi connectivity index (χ4v) is 4.33. The summed E-state index contributed by atoms with van der Waals surface area (Å²) in [6, 6.07) is 12.3. The summed E-state index contributed by atoms with van der Waals surface area (Å²) in [5, 5.41) is 7.88. The molecule has 2 aromatic heterocycles. The highest BCUT2D eigenvalue weighted by Crippen LogP contribution is 2.30. The molecule has 32 heavy (non-hydrogen) atoms. The number of nitrogens with one attached hydrogen (secondary N) is 1. The monoisotopic (exact) mass is 447 g/mol. The van der Waals surface area contributed by atoms with Gasteiger partial charge in [0.1, 0.15) is 11.6 Å². The van der Waals surface area contributed by atoms with Crippen LogP contribution in [-0.2, 0) is 17.9 Å². The Labute approximate surface area is 190 Å². The van der Waals surface area contributed by atoms with Gasteiger partial charge >= 0.3 is 5.69 Å². The Bertz CT molecular complexity index is 1370. The van der Waals surface area contributed by atoms with Crippen molar-refractivity contribution in [1.29, 1.82) is 0 Å². The fraction of sp³-hybridized carbons (Fsp3) is 0.250. The lowest BCUT2D eigenvalue weighted by Gasteiger charge is -2.07. The third kappa shape index (κ3) is 4.60. The molecule has 0 spiro atoms. The Morgan fingerprint density at radius 1 is 1.03 bits per heavy atom. The zero-order valence-electron chi connectivity index (χ0n) is 18.5. The molecule has 7 nitrogen and oxygen atoms in total. The number of carbonyl (C=O) groups excluding carboxylic acids is 1. The number of benzene rings is 2. The Morgan fingerprint density at radius 2 is 1.84 bits per heavy atom. The van der Waals surface area contributed by atoms with Crippen LogP contribution in [0.3, 0.4) is 0 Å². The lowest BCUT2D eigenvalue weighted by Crippen LogP contribution is -2.32. The molecular weight excluding hydrogens is 422 g/mol. The zero-order valence-corrected chi connectivity index (χ0v) is 19.4. The van der Waals surface area contributed by atoms with E-state index in [1.165, 1.54) is 37.5 Å². The molecule has 0 radical (unpaired) electrons. The van der Waals surface area contributed by atoms with Crippen molar-refractivity contribution in [3.05, 3.63) is 87.1 Å². The normalized spacial score (nSPS) is 11.1. The highest BCUT2D eigenvalue weighted by atomic mass is 32.2. The van der Waals surface area contributed by atoms with Crippen LogP contribution in [-0.4, -0.2) is 25.1 Å². The summed E-state index contributed by atoms with van der Waals surface area (Å²) in [6.45, 7) is 8.43. The molecule has 4 aromatic rings. The standard InChI is InChI=1S/C24H25N5O2S/c1-15-5-8-20(18(4)11-15)32-23-22-27-29(24(31)28(22)10-9-25-23)14-21(30)26-13-19-7-6-16(2)17(3)12-19/h5-12H,13-14H2,1-4H3,(H,26,30). The van der Waals surface area contributed by atoms with Gasteiger partial charge in [0.25, 0.3) is 0 Å². The SMILES string of the molecule is Cc1ccc(Sc2nccn3c(=O)n(CC(=O)NCc4ccc(C)c(C)c4)nc23)c(C)c1. The van der Waals surface area contributed by atoms with Gasteiger partial charge in [-0.05, 0) is 56.0 Å². The third-order valence-corrected chi connectivity index (χ3v) is 6.52. The van der Waals surface area contributed by atoms with E-state index in [1.807, 2.05) is 45.0 Å². The number of aromatic nitrogens is 4. The van der Waals surface area contributed by atoms with Gasteiger partial charge in [-0.2, -0.15) is 0 Å². The molecule has 0 aliphatic carbocycles. The zero-order chi connectivity index (χ0) is 22.8. The molecule has 0 unspecified atom stereocenters. The van der Waals surface area contributed by atoms with Crippen LogP contribution in [0.15, 0.2) is 63.5 Å². The van der Waals surface area contributed by atoms with Crippen LogP contribution < -0.4 is 11.0 Å². The van der Waals surface area contributed by atoms with Crippen molar-refractivity contribution < 1.29 is 4.79 Å². The predicted molar refractivity (Wildman–Crippen MR) is 125 cm³/mol. The fourth-order valence-electron chi connectivity index (χ4n) is 3.42. The minimum Gasteiger partial charge on any atom is -0.350 e. The van der Waals surface area contributed by atoms with Gasteiger partial charge in [0.2, 0.25) is 5.91 Å². The molecule has 0 fully saturated rings. The Kier molecular flexibility index (Phi) is 6.14. The minimum absolute atomic E-state index is 0.154. The summed E-state index contributed by atoms with van der Waals surface area (Å²) in [5.74, 6) is -0.273. The molecule has 0 saturated heterocycles. The molecule has 2 aromatic carbocycles. The quantitative estimate of drug-likeness (QED) is 0.489. The van der Waals surface area contributed by atoms with Gasteiger partial charge < -0.3 is 5.32 Å². The maximum absolute atomic E-state index is 12.8. The van der Waals surface area contributed by atoms with E-state index in [9.17, 15) is 9.59 Å². The van der Waals surface area contributed by atoms with Gasteiger partial charge in [0, 0.05) is 23.8 Å². The van der Waals surface area contributed by atoms with Crippen molar-refractivity contribution in [3.63, 3.8) is 0 Å². The minimum atomic E-state index is -0.369. The van der Waals surface area contributed by atoms with E-state index in [1.54, 1.807) is 12.4 Å². The number of rotatable bonds is 6. The maximum Gasteiger partial charge on any atom is 0.350 e. The van der Waals surface area contributed by atoms with Crippen LogP contribution in [0.2, 0.25) is 0 Å². The number of hydrogen-bond donors (Lipinski definition) is 1. The maximum atomic E-state index is 12.8. The summed E-state index contributed by atoms with van der Waals surface area (Å²) in [7, 11) is 0. The first-order chi connectivity index (χ1) is 15.3. The van der Waals surface area contributed by atoms with Crippen LogP contribution in [0.5, 0.6) is 0 Å². The summed E-state index contributed by atoms with van der Waals surface area (Å²) in [5.41, 5.74) is 5.78. The van der Waals surface area contributed by atoms with Gasteiger partial charge in [0.05, 0.1) is 0 Å². The van der Waals surface area contributed by atoms with E-state index in [4.69, 9.17) is 0 Å². The average molecular weight is 448 g/mol. The van der Waals surface area contributed by atoms with Gasteiger partial charge in [-0.15, -0.1) is 5.10 Å². The number of amides is 1. The smallest absolute Gasteiger partial charge is 0.350 e. The van der Waals surface area contributed by atoms with Crippen molar-refractivity contribution >= 4 is 23.3 Å². The van der Waals surface area contributed by atoms with Crippen LogP contribution in [0.1, 0.15) is 27.8 Å². The molecule has 8 heteroatoms. The topological polar surface area (TPSA) is 81.3 Å². The predicted octanol–water partition coefficient (Wildman–Crippen LogP) is 3.59. The molecule has 1 amide bonds. The summed E-state index contributed by atoms with van der Waals surface area (Å²) >= 11 is 1.46. The largest absolute Gasteiger partial charge is 0.350 e. The Hall–Kier alpha value is -3.39. The second-order valence-corrected chi connectivity index (χ2v) is 8.96. The summed E-state index contributed by atoms with van der Waals surface area (Å²) < 4.78 is 2.61. The molecule has 4 rings (SSSR count). The highest BCUT2D eigenvalue weighted by molar-refractivity contribution is 7.99. The van der Waals surface area contributed by atoms with E-state index in [-0.39, 0.29) is 18.1 Å². The van der Waals surface area contributed by atoms with E-state index in [2.05, 4.69) is 34.5 Å². The molecular formula is C24H25N5O2S. The molecule has 0 atom stereocenters. The lowest BCUT2D eigenvalue weighted by atomic mass is 10.1. The van der Waals surface area contributed by atoms with Crippen molar-refractivity contribution in [2.75, 3.05) is 0 Å². The average Bonchev–Trinajstić information content (AvgIpc) is 3.07. The second kappa shape index (κ2) is 9.00. The molecule has 0 aliphatic heterocycles. The van der Waals surface area contributed by atoms with Crippen molar-refractivity contribution in [1.82, 2.24) is 24.5 Å². The first-order valence-electron chi connectivity index (χ1n) is 10.3. The van der Waals surface area contributed by atoms with Crippen LogP contribution in [0.25, 0.3) is 5.65 Å². The molecule has 1 N–H and O–H groups in total. The van der Waals surface area contributed by atoms with Crippen molar-refractivity contribution in [2.45, 2.75) is 50.7 Å². The van der Waals surface area contributed by atoms with E-state index in [0.717, 1.165) is 16.0 Å². The first-order valence-corrected chi connectivity index (χ1v) is 11.2. The number of nitrogens with zero attached hydrogens (tertiary/aromatic N) is 4. The lowest BCUT2D eigenvalue weighted by molar-refractivity contribution is -0.122. The van der Waals surface area contributed by atoms with Gasteiger partial charge in [-0.3, -0.25) is 4.79 Å². The number of carbonyl (C=O) groups is 1. The van der Waals surface area contributed by atoms with Gasteiger partial charge in [0.15, 0.2) is 5.65 Å². The summed E-state index contributed by atoms with van der Waals surface area (Å²) in [4.78, 5) is 30.7. The number of aryl methyl sites for hydroxylation is 4. The Balaban J connectivity index is 1.52.